The molecule has 0 spiro atoms. The maximum Gasteiger partial charge on any atom is 0.309 e. The molecule has 3 rings (SSSR count). The number of hydrogen-bond donors (Lipinski definition) is 4. The zero-order valence-corrected chi connectivity index (χ0v) is 15.3. The van der Waals surface area contributed by atoms with Crippen LogP contribution in [0.25, 0.3) is 0 Å². The fourth-order valence-electron chi connectivity index (χ4n) is 3.50. The Morgan fingerprint density at radius 3 is 2.65 bits per heavy atom. The number of likely N-dealkylation sites (N-methyl/N-ethyl adjacent to an activating group) is 1. The lowest BCUT2D eigenvalue weighted by molar-refractivity contribution is -0.137. The third-order valence-corrected chi connectivity index (χ3v) is 5.97. The molecule has 10 heteroatoms. The first-order chi connectivity index (χ1) is 12.4. The number of amides is 3. The number of nitrogens with one attached hydrogen (secondary N) is 2. The molecule has 0 unspecified atom stereocenters. The molecular weight excluding hydrogens is 358 g/mol. The summed E-state index contributed by atoms with van der Waals surface area (Å²) in [5, 5.41) is 15.2. The Morgan fingerprint density at radius 2 is 2.00 bits per heavy atom. The van der Waals surface area contributed by atoms with Gasteiger partial charge >= 0.3 is 11.8 Å². The molecule has 2 aliphatic rings. The molecule has 142 valence electrons. The largest absolute Gasteiger partial charge is 0.396 e. The third kappa shape index (κ3) is 4.02. The van der Waals surface area contributed by atoms with Crippen molar-refractivity contribution in [2.45, 2.75) is 37.9 Å². The SMILES string of the molecule is CN1CCc2nc(C(=O)N[C@@H]3C[C@@H](CO)C[C@H]3NC(=O)C(N)=O)sc2C1. The van der Waals surface area contributed by atoms with Crippen LogP contribution in [0.5, 0.6) is 0 Å². The fraction of sp³-hybridized carbons (Fsp3) is 0.625. The van der Waals surface area contributed by atoms with Crippen LogP contribution in [0.3, 0.4) is 0 Å². The number of hydrogen-bond acceptors (Lipinski definition) is 7. The van der Waals surface area contributed by atoms with Crippen LogP contribution in [0.1, 0.15) is 33.2 Å². The van der Waals surface area contributed by atoms with Crippen LogP contribution in [-0.2, 0) is 22.6 Å². The predicted molar refractivity (Wildman–Crippen MR) is 94.3 cm³/mol. The van der Waals surface area contributed by atoms with E-state index in [0.717, 1.165) is 30.1 Å². The lowest BCUT2D eigenvalue weighted by atomic mass is 10.1. The minimum atomic E-state index is -1.07. The summed E-state index contributed by atoms with van der Waals surface area (Å²) in [7, 11) is 2.03. The van der Waals surface area contributed by atoms with Crippen LogP contribution < -0.4 is 16.4 Å². The Morgan fingerprint density at radius 1 is 1.31 bits per heavy atom. The first-order valence-corrected chi connectivity index (χ1v) is 9.38. The van der Waals surface area contributed by atoms with E-state index in [1.54, 1.807) is 0 Å². The van der Waals surface area contributed by atoms with Crippen molar-refractivity contribution in [2.24, 2.45) is 11.7 Å². The third-order valence-electron chi connectivity index (χ3n) is 4.89. The summed E-state index contributed by atoms with van der Waals surface area (Å²) in [5.41, 5.74) is 5.96. The minimum absolute atomic E-state index is 0.0484. The second-order valence-electron chi connectivity index (χ2n) is 6.92. The summed E-state index contributed by atoms with van der Waals surface area (Å²) < 4.78 is 0. The van der Waals surface area contributed by atoms with E-state index in [-0.39, 0.29) is 24.5 Å². The zero-order chi connectivity index (χ0) is 18.8. The maximum absolute atomic E-state index is 12.6. The summed E-state index contributed by atoms with van der Waals surface area (Å²) >= 11 is 1.38. The topological polar surface area (TPSA) is 138 Å². The number of nitrogens with zero attached hydrogens (tertiary/aromatic N) is 2. The van der Waals surface area contributed by atoms with Crippen molar-refractivity contribution in [2.75, 3.05) is 20.2 Å². The molecule has 9 nitrogen and oxygen atoms in total. The first kappa shape index (κ1) is 18.7. The van der Waals surface area contributed by atoms with Gasteiger partial charge in [-0.25, -0.2) is 4.98 Å². The molecule has 26 heavy (non-hydrogen) atoms. The summed E-state index contributed by atoms with van der Waals surface area (Å²) in [4.78, 5) is 42.9. The van der Waals surface area contributed by atoms with E-state index in [9.17, 15) is 19.5 Å². The summed E-state index contributed by atoms with van der Waals surface area (Å²) in [6.45, 7) is 1.65. The number of fused-ring (bicyclic) bond motifs is 1. The van der Waals surface area contributed by atoms with Gasteiger partial charge in [-0.05, 0) is 25.8 Å². The number of aliphatic hydroxyl groups excluding tert-OH is 1. The molecule has 1 aromatic heterocycles. The average Bonchev–Trinajstić information content (AvgIpc) is 3.18. The molecule has 0 bridgehead atoms. The van der Waals surface area contributed by atoms with E-state index in [0.29, 0.717) is 17.8 Å². The van der Waals surface area contributed by atoms with Gasteiger partial charge in [-0.1, -0.05) is 0 Å². The van der Waals surface area contributed by atoms with Gasteiger partial charge in [0.25, 0.3) is 5.91 Å². The molecule has 1 fully saturated rings. The zero-order valence-electron chi connectivity index (χ0n) is 14.5. The van der Waals surface area contributed by atoms with Crippen molar-refractivity contribution in [3.63, 3.8) is 0 Å². The van der Waals surface area contributed by atoms with Gasteiger partial charge in [0.05, 0.1) is 5.69 Å². The van der Waals surface area contributed by atoms with Gasteiger partial charge in [0.2, 0.25) is 0 Å². The highest BCUT2D eigenvalue weighted by Gasteiger charge is 2.37. The minimum Gasteiger partial charge on any atom is -0.396 e. The van der Waals surface area contributed by atoms with Crippen molar-refractivity contribution in [1.82, 2.24) is 20.5 Å². The summed E-state index contributed by atoms with van der Waals surface area (Å²) in [6, 6.07) is -0.830. The highest BCUT2D eigenvalue weighted by Crippen LogP contribution is 2.28. The second-order valence-corrected chi connectivity index (χ2v) is 8.00. The van der Waals surface area contributed by atoms with E-state index >= 15 is 0 Å². The number of carbonyl (C=O) groups is 3. The van der Waals surface area contributed by atoms with Crippen LogP contribution in [0, 0.1) is 5.92 Å². The Hall–Kier alpha value is -2.04. The molecule has 5 N–H and O–H groups in total. The lowest BCUT2D eigenvalue weighted by Gasteiger charge is -2.21. The van der Waals surface area contributed by atoms with E-state index < -0.39 is 17.9 Å². The highest BCUT2D eigenvalue weighted by atomic mass is 32.1. The van der Waals surface area contributed by atoms with Crippen LogP contribution in [0.2, 0.25) is 0 Å². The first-order valence-electron chi connectivity index (χ1n) is 8.56. The monoisotopic (exact) mass is 381 g/mol. The Balaban J connectivity index is 1.68. The molecule has 2 heterocycles. The van der Waals surface area contributed by atoms with Crippen molar-refractivity contribution in [3.05, 3.63) is 15.6 Å². The van der Waals surface area contributed by atoms with Crippen LogP contribution in [0.15, 0.2) is 0 Å². The van der Waals surface area contributed by atoms with Crippen molar-refractivity contribution in [1.29, 1.82) is 0 Å². The van der Waals surface area contributed by atoms with Crippen molar-refractivity contribution in [3.8, 4) is 0 Å². The van der Waals surface area contributed by atoms with Crippen LogP contribution in [-0.4, -0.2) is 65.0 Å². The number of rotatable bonds is 4. The van der Waals surface area contributed by atoms with Gasteiger partial charge in [-0.3, -0.25) is 14.4 Å². The molecule has 0 aromatic carbocycles. The molecule has 0 saturated heterocycles. The van der Waals surface area contributed by atoms with Crippen molar-refractivity contribution < 1.29 is 19.5 Å². The Kier molecular flexibility index (Phi) is 5.54. The van der Waals surface area contributed by atoms with Gasteiger partial charge in [-0.2, -0.15) is 0 Å². The number of carbonyl (C=O) groups excluding carboxylic acids is 3. The molecule has 1 aromatic rings. The van der Waals surface area contributed by atoms with E-state index in [2.05, 4.69) is 20.5 Å². The molecule has 3 atom stereocenters. The maximum atomic E-state index is 12.6. The molecule has 0 radical (unpaired) electrons. The van der Waals surface area contributed by atoms with E-state index in [1.165, 1.54) is 11.3 Å². The lowest BCUT2D eigenvalue weighted by Crippen LogP contribution is -2.51. The second kappa shape index (κ2) is 7.68. The highest BCUT2D eigenvalue weighted by molar-refractivity contribution is 7.13. The smallest absolute Gasteiger partial charge is 0.309 e. The Bertz CT molecular complexity index is 721. The van der Waals surface area contributed by atoms with Gasteiger partial charge < -0.3 is 26.4 Å². The van der Waals surface area contributed by atoms with Crippen molar-refractivity contribution >= 4 is 29.1 Å². The average molecular weight is 381 g/mol. The van der Waals surface area contributed by atoms with Gasteiger partial charge in [0.15, 0.2) is 5.01 Å². The van der Waals surface area contributed by atoms with E-state index in [1.807, 2.05) is 7.05 Å². The number of aromatic nitrogens is 1. The molecule has 1 saturated carbocycles. The normalized spacial score (nSPS) is 25.5. The fourth-order valence-corrected chi connectivity index (χ4v) is 4.59. The molecule has 1 aliphatic carbocycles. The van der Waals surface area contributed by atoms with Gasteiger partial charge in [0, 0.05) is 43.1 Å². The molecular formula is C16H23N5O4S. The summed E-state index contributed by atoms with van der Waals surface area (Å²) in [5.74, 6) is -2.31. The summed E-state index contributed by atoms with van der Waals surface area (Å²) in [6.07, 6.45) is 1.81. The van der Waals surface area contributed by atoms with E-state index in [4.69, 9.17) is 5.73 Å². The van der Waals surface area contributed by atoms with Crippen LogP contribution >= 0.6 is 11.3 Å². The standard InChI is InChI=1S/C16H23N5O4S/c1-21-3-2-9-12(6-21)26-16(20-9)15(25)19-11-5-8(7-22)4-10(11)18-14(24)13(17)23/h8,10-11,22H,2-7H2,1H3,(H2,17,23)(H,18,24)(H,19,25)/t8-,10+,11+/m0/s1. The quantitative estimate of drug-likeness (QED) is 0.474. The van der Waals surface area contributed by atoms with Gasteiger partial charge in [0.1, 0.15) is 0 Å². The number of thiazole rings is 1. The van der Waals surface area contributed by atoms with Gasteiger partial charge in [-0.15, -0.1) is 11.3 Å². The molecule has 3 amide bonds. The number of aliphatic hydroxyl groups is 1. The number of primary amides is 1. The number of nitrogens with two attached hydrogens (primary N) is 1. The molecule has 1 aliphatic heterocycles. The Labute approximate surface area is 155 Å². The predicted octanol–water partition coefficient (Wildman–Crippen LogP) is -1.40. The van der Waals surface area contributed by atoms with Crippen LogP contribution in [0.4, 0.5) is 0 Å².